The zero-order chi connectivity index (χ0) is 34.4. The summed E-state index contributed by atoms with van der Waals surface area (Å²) in [6, 6.07) is 10.7. The minimum Gasteiger partial charge on any atom is -0.480 e. The third-order valence-electron chi connectivity index (χ3n) is 9.55. The molecule has 2 aliphatic rings. The molecular formula is C34H50ClN3O6S3. The molecule has 13 heteroatoms. The van der Waals surface area contributed by atoms with Gasteiger partial charge in [0.05, 0.1) is 20.5 Å². The molecule has 2 aromatic carbocycles. The maximum Gasteiger partial charge on any atom is 0.321 e. The maximum absolute atomic E-state index is 13.2. The SMILES string of the molecule is CSCC[C@H](NS(=O)(=O)c1ccc(N2CCC(CCCC3CCN(S(=O)(=O)c4ccc(C(C)(C)C)cc4)CC3)CC2)c(Cl)c1)C(=O)O. The quantitative estimate of drug-likeness (QED) is 0.223. The van der Waals surface area contributed by atoms with Crippen molar-refractivity contribution >= 4 is 55.1 Å². The number of rotatable bonds is 14. The van der Waals surface area contributed by atoms with Crippen molar-refractivity contribution in [3.05, 3.63) is 53.1 Å². The lowest BCUT2D eigenvalue weighted by atomic mass is 9.87. The van der Waals surface area contributed by atoms with E-state index in [4.69, 9.17) is 11.6 Å². The van der Waals surface area contributed by atoms with Gasteiger partial charge in [0, 0.05) is 26.2 Å². The van der Waals surface area contributed by atoms with Crippen molar-refractivity contribution in [2.24, 2.45) is 11.8 Å². The van der Waals surface area contributed by atoms with E-state index in [2.05, 4.69) is 30.4 Å². The zero-order valence-corrected chi connectivity index (χ0v) is 31.2. The van der Waals surface area contributed by atoms with E-state index in [1.165, 1.54) is 23.9 Å². The number of thioether (sulfide) groups is 1. The molecule has 0 saturated carbocycles. The van der Waals surface area contributed by atoms with Crippen molar-refractivity contribution in [2.75, 3.05) is 43.1 Å². The lowest BCUT2D eigenvalue weighted by Gasteiger charge is -2.35. The van der Waals surface area contributed by atoms with Gasteiger partial charge in [0.25, 0.3) is 0 Å². The first-order chi connectivity index (χ1) is 22.1. The number of carboxylic acids is 1. The van der Waals surface area contributed by atoms with Crippen LogP contribution in [0.15, 0.2) is 52.3 Å². The number of piperidine rings is 2. The number of halogens is 1. The van der Waals surface area contributed by atoms with Crippen LogP contribution < -0.4 is 9.62 Å². The van der Waals surface area contributed by atoms with Crippen molar-refractivity contribution in [2.45, 2.75) is 93.4 Å². The molecule has 262 valence electrons. The molecule has 0 unspecified atom stereocenters. The van der Waals surface area contributed by atoms with E-state index >= 15 is 0 Å². The highest BCUT2D eigenvalue weighted by atomic mass is 35.5. The van der Waals surface area contributed by atoms with Gasteiger partial charge in [-0.3, -0.25) is 4.79 Å². The summed E-state index contributed by atoms with van der Waals surface area (Å²) in [6.45, 7) is 9.16. The molecule has 2 fully saturated rings. The number of anilines is 1. The molecule has 2 aromatic rings. The van der Waals surface area contributed by atoms with Gasteiger partial charge < -0.3 is 10.0 Å². The minimum atomic E-state index is -4.04. The van der Waals surface area contributed by atoms with Crippen LogP contribution >= 0.6 is 23.4 Å². The number of nitrogens with zero attached hydrogens (tertiary/aromatic N) is 2. The topological polar surface area (TPSA) is 124 Å². The van der Waals surface area contributed by atoms with Gasteiger partial charge >= 0.3 is 5.97 Å². The van der Waals surface area contributed by atoms with Crippen molar-refractivity contribution in [1.82, 2.24) is 9.03 Å². The molecule has 0 spiro atoms. The molecule has 0 amide bonds. The van der Waals surface area contributed by atoms with Gasteiger partial charge in [-0.1, -0.05) is 63.8 Å². The van der Waals surface area contributed by atoms with E-state index in [1.807, 2.05) is 18.4 Å². The minimum absolute atomic E-state index is 0.0204. The lowest BCUT2D eigenvalue weighted by molar-refractivity contribution is -0.139. The summed E-state index contributed by atoms with van der Waals surface area (Å²) in [5.41, 5.74) is 1.89. The number of sulfonamides is 2. The molecule has 0 radical (unpaired) electrons. The van der Waals surface area contributed by atoms with Gasteiger partial charge in [0.1, 0.15) is 6.04 Å². The smallest absolute Gasteiger partial charge is 0.321 e. The molecule has 47 heavy (non-hydrogen) atoms. The number of carboxylic acid groups (broad SMARTS) is 1. The summed E-state index contributed by atoms with van der Waals surface area (Å²) >= 11 is 8.01. The second-order valence-electron chi connectivity index (χ2n) is 13.9. The Morgan fingerprint density at radius 1 is 0.936 bits per heavy atom. The number of nitrogens with one attached hydrogen (secondary N) is 1. The predicted octanol–water partition coefficient (Wildman–Crippen LogP) is 6.61. The first-order valence-electron chi connectivity index (χ1n) is 16.5. The van der Waals surface area contributed by atoms with Crippen LogP contribution in [0.3, 0.4) is 0 Å². The number of aliphatic carboxylic acids is 1. The fourth-order valence-electron chi connectivity index (χ4n) is 6.51. The van der Waals surface area contributed by atoms with E-state index < -0.39 is 32.1 Å². The van der Waals surface area contributed by atoms with Crippen molar-refractivity contribution in [3.8, 4) is 0 Å². The van der Waals surface area contributed by atoms with E-state index in [0.717, 1.165) is 69.3 Å². The molecule has 9 nitrogen and oxygen atoms in total. The molecule has 2 aliphatic heterocycles. The summed E-state index contributed by atoms with van der Waals surface area (Å²) in [6.07, 6.45) is 9.26. The van der Waals surface area contributed by atoms with E-state index in [-0.39, 0.29) is 16.7 Å². The largest absolute Gasteiger partial charge is 0.480 e. The molecule has 0 aliphatic carbocycles. The van der Waals surface area contributed by atoms with Crippen molar-refractivity contribution < 1.29 is 26.7 Å². The maximum atomic E-state index is 13.2. The first kappa shape index (κ1) is 38.0. The molecule has 2 heterocycles. The second-order valence-corrected chi connectivity index (χ2v) is 18.9. The van der Waals surface area contributed by atoms with Gasteiger partial charge in [-0.25, -0.2) is 16.8 Å². The molecule has 0 bridgehead atoms. The average Bonchev–Trinajstić information content (AvgIpc) is 3.03. The summed E-state index contributed by atoms with van der Waals surface area (Å²) in [7, 11) is -7.51. The number of hydrogen-bond acceptors (Lipinski definition) is 7. The Morgan fingerprint density at radius 2 is 1.49 bits per heavy atom. The molecule has 4 rings (SSSR count). The normalized spacial score (nSPS) is 18.4. The van der Waals surface area contributed by atoms with Crippen LogP contribution in [-0.2, 0) is 30.3 Å². The standard InChI is InChI=1S/C34H50ClN3O6S3/c1-34(2,3)27-8-10-28(11-9-27)47(43,44)38-21-16-26(17-22-38)7-5-6-25-14-19-37(20-15-25)32-13-12-29(24-30(32)35)46(41,42)36-31(33(39)40)18-23-45-4/h8-13,24-26,31,36H,5-7,14-23H2,1-4H3,(H,39,40)/t31-/m0/s1. The highest BCUT2D eigenvalue weighted by Gasteiger charge is 2.30. The third kappa shape index (κ3) is 10.1. The van der Waals surface area contributed by atoms with Crippen LogP contribution in [-0.4, -0.2) is 76.4 Å². The molecular weight excluding hydrogens is 678 g/mol. The van der Waals surface area contributed by atoms with Gasteiger partial charge in [0.2, 0.25) is 20.0 Å². The zero-order valence-electron chi connectivity index (χ0n) is 28.0. The fourth-order valence-corrected chi connectivity index (χ4v) is 10.1. The molecule has 1 atom stereocenters. The van der Waals surface area contributed by atoms with Crippen LogP contribution in [0.4, 0.5) is 5.69 Å². The van der Waals surface area contributed by atoms with Crippen LogP contribution in [0.1, 0.15) is 77.7 Å². The monoisotopic (exact) mass is 727 g/mol. The molecule has 2 saturated heterocycles. The van der Waals surface area contributed by atoms with E-state index in [9.17, 15) is 26.7 Å². The van der Waals surface area contributed by atoms with Gasteiger partial charge in [-0.2, -0.15) is 20.8 Å². The Balaban J connectivity index is 1.20. The highest BCUT2D eigenvalue weighted by Crippen LogP contribution is 2.34. The van der Waals surface area contributed by atoms with Crippen LogP contribution in [0.2, 0.25) is 5.02 Å². The fraction of sp³-hybridized carbons (Fsp3) is 0.618. The summed E-state index contributed by atoms with van der Waals surface area (Å²) < 4.78 is 56.2. The van der Waals surface area contributed by atoms with Gasteiger partial charge in [-0.05, 0) is 97.3 Å². The summed E-state index contributed by atoms with van der Waals surface area (Å²) in [5.74, 6) is 0.473. The highest BCUT2D eigenvalue weighted by molar-refractivity contribution is 7.98. The lowest BCUT2D eigenvalue weighted by Crippen LogP contribution is -2.41. The Kier molecular flexibility index (Phi) is 13.1. The van der Waals surface area contributed by atoms with Gasteiger partial charge in [0.15, 0.2) is 0 Å². The van der Waals surface area contributed by atoms with E-state index in [1.54, 1.807) is 22.5 Å². The molecule has 2 N–H and O–H groups in total. The third-order valence-corrected chi connectivity index (χ3v) is 13.9. The number of benzene rings is 2. The Bertz CT molecular complexity index is 1560. The van der Waals surface area contributed by atoms with Crippen molar-refractivity contribution in [1.29, 1.82) is 0 Å². The number of carbonyl (C=O) groups is 1. The van der Waals surface area contributed by atoms with E-state index in [0.29, 0.717) is 40.6 Å². The first-order valence-corrected chi connectivity index (χ1v) is 21.2. The van der Waals surface area contributed by atoms with Gasteiger partial charge in [-0.15, -0.1) is 0 Å². The van der Waals surface area contributed by atoms with Crippen LogP contribution in [0.25, 0.3) is 0 Å². The predicted molar refractivity (Wildman–Crippen MR) is 192 cm³/mol. The summed E-state index contributed by atoms with van der Waals surface area (Å²) in [4.78, 5) is 14.1. The second kappa shape index (κ2) is 16.3. The van der Waals surface area contributed by atoms with Crippen LogP contribution in [0.5, 0.6) is 0 Å². The van der Waals surface area contributed by atoms with Crippen molar-refractivity contribution in [3.63, 3.8) is 0 Å². The molecule has 0 aromatic heterocycles. The van der Waals surface area contributed by atoms with Crippen LogP contribution in [0, 0.1) is 11.8 Å². The average molecular weight is 728 g/mol. The summed E-state index contributed by atoms with van der Waals surface area (Å²) in [5, 5.41) is 9.76. The Morgan fingerprint density at radius 3 is 2.00 bits per heavy atom. The Hall–Kier alpha value is -1.83. The number of hydrogen-bond donors (Lipinski definition) is 2. The Labute approximate surface area is 290 Å².